The van der Waals surface area contributed by atoms with Crippen molar-refractivity contribution in [3.05, 3.63) is 23.3 Å². The zero-order valence-electron chi connectivity index (χ0n) is 9.02. The van der Waals surface area contributed by atoms with Gasteiger partial charge in [0.15, 0.2) is 5.92 Å². The van der Waals surface area contributed by atoms with Gasteiger partial charge in [0.25, 0.3) is 0 Å². The summed E-state index contributed by atoms with van der Waals surface area (Å²) < 4.78 is 0.0183. The molecule has 16 heavy (non-hydrogen) atoms. The zero-order chi connectivity index (χ0) is 11.7. The van der Waals surface area contributed by atoms with Crippen LogP contribution >= 0.6 is 23.5 Å². The Morgan fingerprint density at radius 1 is 1.06 bits per heavy atom. The number of nitriles is 2. The highest BCUT2D eigenvalue weighted by molar-refractivity contribution is 8.19. The molecule has 1 aromatic carbocycles. The molecule has 0 N–H and O–H groups in total. The van der Waals surface area contributed by atoms with E-state index in [9.17, 15) is 0 Å². The van der Waals surface area contributed by atoms with E-state index < -0.39 is 5.92 Å². The van der Waals surface area contributed by atoms with Gasteiger partial charge in [0, 0.05) is 9.79 Å². The molecule has 80 valence electrons. The Labute approximate surface area is 104 Å². The second-order valence-corrected chi connectivity index (χ2v) is 6.30. The second-order valence-electron chi connectivity index (χ2n) is 3.70. The summed E-state index contributed by atoms with van der Waals surface area (Å²) in [5.74, 6) is -0.541. The number of fused-ring (bicyclic) bond motifs is 1. The van der Waals surface area contributed by atoms with E-state index in [1.165, 1.54) is 20.9 Å². The van der Waals surface area contributed by atoms with Gasteiger partial charge < -0.3 is 0 Å². The molecule has 1 aliphatic heterocycles. The van der Waals surface area contributed by atoms with Crippen molar-refractivity contribution in [2.75, 3.05) is 0 Å². The molecule has 0 aromatic heterocycles. The number of rotatable bonds is 1. The van der Waals surface area contributed by atoms with Crippen LogP contribution in [0.4, 0.5) is 0 Å². The van der Waals surface area contributed by atoms with E-state index in [1.807, 2.05) is 0 Å². The molecule has 0 saturated heterocycles. The second kappa shape index (κ2) is 4.41. The van der Waals surface area contributed by atoms with Crippen LogP contribution in [0.5, 0.6) is 0 Å². The first-order chi connectivity index (χ1) is 7.67. The number of benzene rings is 1. The number of hydrogen-bond donors (Lipinski definition) is 0. The molecule has 0 unspecified atom stereocenters. The summed E-state index contributed by atoms with van der Waals surface area (Å²) in [6.45, 7) is 4.14. The SMILES string of the molecule is Cc1ccc(C)c2c1SC(C(C#N)C#N)S2. The van der Waals surface area contributed by atoms with Crippen molar-refractivity contribution >= 4 is 23.5 Å². The van der Waals surface area contributed by atoms with Gasteiger partial charge in [-0.3, -0.25) is 0 Å². The predicted molar refractivity (Wildman–Crippen MR) is 66.1 cm³/mol. The fraction of sp³-hybridized carbons (Fsp3) is 0.333. The monoisotopic (exact) mass is 246 g/mol. The Bertz CT molecular complexity index is 466. The molecule has 0 fully saturated rings. The third-order valence-corrected chi connectivity index (χ3v) is 5.76. The van der Waals surface area contributed by atoms with Crippen molar-refractivity contribution in [3.8, 4) is 12.1 Å². The van der Waals surface area contributed by atoms with Gasteiger partial charge in [0.2, 0.25) is 0 Å². The normalized spacial score (nSPS) is 14.6. The maximum Gasteiger partial charge on any atom is 0.154 e. The average molecular weight is 246 g/mol. The Kier molecular flexibility index (Phi) is 3.14. The molecule has 0 spiro atoms. The summed E-state index contributed by atoms with van der Waals surface area (Å²) in [7, 11) is 0. The summed E-state index contributed by atoms with van der Waals surface area (Å²) in [6, 6.07) is 8.32. The van der Waals surface area contributed by atoms with E-state index in [-0.39, 0.29) is 4.58 Å². The molecule has 2 nitrogen and oxygen atoms in total. The smallest absolute Gasteiger partial charge is 0.154 e. The van der Waals surface area contributed by atoms with Gasteiger partial charge in [0.1, 0.15) is 0 Å². The lowest BCUT2D eigenvalue weighted by molar-refractivity contribution is 0.951. The standard InChI is InChI=1S/C12H10N2S2/c1-7-3-4-8(2)11-10(7)15-12(16-11)9(5-13)6-14/h3-4,9,12H,1-2H3. The van der Waals surface area contributed by atoms with Gasteiger partial charge in [-0.2, -0.15) is 10.5 Å². The number of hydrogen-bond acceptors (Lipinski definition) is 4. The van der Waals surface area contributed by atoms with E-state index in [0.29, 0.717) is 0 Å². The Morgan fingerprint density at radius 3 is 1.88 bits per heavy atom. The summed E-state index contributed by atoms with van der Waals surface area (Å²) >= 11 is 3.30. The maximum atomic E-state index is 8.90. The van der Waals surface area contributed by atoms with Crippen LogP contribution in [-0.2, 0) is 0 Å². The molecule has 1 aromatic rings. The Morgan fingerprint density at radius 2 is 1.50 bits per heavy atom. The van der Waals surface area contributed by atoms with Crippen LogP contribution in [0.3, 0.4) is 0 Å². The van der Waals surface area contributed by atoms with Crippen LogP contribution in [0.2, 0.25) is 0 Å². The molecule has 1 heterocycles. The van der Waals surface area contributed by atoms with Gasteiger partial charge in [-0.15, -0.1) is 23.5 Å². The third-order valence-electron chi connectivity index (χ3n) is 2.52. The fourth-order valence-electron chi connectivity index (χ4n) is 1.60. The molecule has 0 radical (unpaired) electrons. The first kappa shape index (κ1) is 11.4. The first-order valence-corrected chi connectivity index (χ1v) is 6.66. The molecule has 0 aliphatic carbocycles. The van der Waals surface area contributed by atoms with Crippen molar-refractivity contribution in [2.24, 2.45) is 5.92 Å². The first-order valence-electron chi connectivity index (χ1n) is 4.90. The minimum atomic E-state index is -0.541. The van der Waals surface area contributed by atoms with E-state index in [2.05, 4.69) is 38.1 Å². The van der Waals surface area contributed by atoms with Gasteiger partial charge in [0.05, 0.1) is 16.7 Å². The lowest BCUT2D eigenvalue weighted by Crippen LogP contribution is -2.06. The minimum absolute atomic E-state index is 0.0183. The topological polar surface area (TPSA) is 47.6 Å². The van der Waals surface area contributed by atoms with Crippen LogP contribution in [0.15, 0.2) is 21.9 Å². The summed E-state index contributed by atoms with van der Waals surface area (Å²) in [6.07, 6.45) is 0. The van der Waals surface area contributed by atoms with Gasteiger partial charge in [-0.05, 0) is 25.0 Å². The summed E-state index contributed by atoms with van der Waals surface area (Å²) in [4.78, 5) is 2.48. The van der Waals surface area contributed by atoms with Crippen molar-refractivity contribution in [1.29, 1.82) is 10.5 Å². The zero-order valence-corrected chi connectivity index (χ0v) is 10.7. The molecule has 0 saturated carbocycles. The predicted octanol–water partition coefficient (Wildman–Crippen LogP) is 3.49. The van der Waals surface area contributed by atoms with E-state index in [0.717, 1.165) is 0 Å². The van der Waals surface area contributed by atoms with Crippen molar-refractivity contribution < 1.29 is 0 Å². The van der Waals surface area contributed by atoms with Crippen LogP contribution in [0.25, 0.3) is 0 Å². The summed E-state index contributed by atoms with van der Waals surface area (Å²) in [5, 5.41) is 17.8. The molecular formula is C12H10N2S2. The van der Waals surface area contributed by atoms with Crippen molar-refractivity contribution in [3.63, 3.8) is 0 Å². The average Bonchev–Trinajstić information content (AvgIpc) is 2.71. The molecule has 4 heteroatoms. The largest absolute Gasteiger partial charge is 0.197 e. The van der Waals surface area contributed by atoms with Crippen LogP contribution in [0.1, 0.15) is 11.1 Å². The highest BCUT2D eigenvalue weighted by Crippen LogP contribution is 2.52. The molecule has 0 amide bonds. The molecule has 1 aliphatic rings. The summed E-state index contributed by atoms with van der Waals surface area (Å²) in [5.41, 5.74) is 2.46. The van der Waals surface area contributed by atoms with Gasteiger partial charge in [-0.1, -0.05) is 12.1 Å². The van der Waals surface area contributed by atoms with Crippen molar-refractivity contribution in [1.82, 2.24) is 0 Å². The molecular weight excluding hydrogens is 236 g/mol. The van der Waals surface area contributed by atoms with Crippen molar-refractivity contribution in [2.45, 2.75) is 28.2 Å². The Hall–Kier alpha value is -1.10. The number of thioether (sulfide) groups is 2. The lowest BCUT2D eigenvalue weighted by Gasteiger charge is -2.06. The lowest BCUT2D eigenvalue weighted by atomic mass is 10.2. The minimum Gasteiger partial charge on any atom is -0.197 e. The third kappa shape index (κ3) is 1.80. The van der Waals surface area contributed by atoms with E-state index in [1.54, 1.807) is 23.5 Å². The van der Waals surface area contributed by atoms with E-state index >= 15 is 0 Å². The molecule has 0 bridgehead atoms. The van der Waals surface area contributed by atoms with Gasteiger partial charge in [-0.25, -0.2) is 0 Å². The van der Waals surface area contributed by atoms with Gasteiger partial charge >= 0.3 is 0 Å². The van der Waals surface area contributed by atoms with Crippen LogP contribution < -0.4 is 0 Å². The number of nitrogens with zero attached hydrogens (tertiary/aromatic N) is 2. The number of aryl methyl sites for hydroxylation is 2. The van der Waals surface area contributed by atoms with Crippen LogP contribution in [-0.4, -0.2) is 4.58 Å². The highest BCUT2D eigenvalue weighted by atomic mass is 32.2. The Balaban J connectivity index is 2.35. The molecule has 2 rings (SSSR count). The fourth-order valence-corrected chi connectivity index (χ4v) is 4.68. The quantitative estimate of drug-likeness (QED) is 0.761. The van der Waals surface area contributed by atoms with Crippen LogP contribution in [0, 0.1) is 42.4 Å². The molecule has 0 atom stereocenters. The maximum absolute atomic E-state index is 8.90. The van der Waals surface area contributed by atoms with E-state index in [4.69, 9.17) is 10.5 Å². The highest BCUT2D eigenvalue weighted by Gasteiger charge is 2.32.